The van der Waals surface area contributed by atoms with E-state index in [0.717, 1.165) is 31.2 Å². The number of piperidine rings is 1. The number of carbonyl (C=O) groups excluding carboxylic acids is 2. The van der Waals surface area contributed by atoms with Gasteiger partial charge in [0.25, 0.3) is 5.91 Å². The monoisotopic (exact) mass is 587 g/mol. The number of nitrogens with zero attached hydrogens (tertiary/aromatic N) is 1. The Balaban J connectivity index is 1.49. The summed E-state index contributed by atoms with van der Waals surface area (Å²) in [7, 11) is 0. The van der Waals surface area contributed by atoms with Gasteiger partial charge in [-0.25, -0.2) is 8.78 Å². The summed E-state index contributed by atoms with van der Waals surface area (Å²) in [6.07, 6.45) is 6.55. The molecule has 2 atom stereocenters. The molecule has 0 aromatic heterocycles. The Labute approximate surface area is 254 Å². The van der Waals surface area contributed by atoms with E-state index >= 15 is 8.78 Å². The molecule has 1 saturated heterocycles. The first kappa shape index (κ1) is 30.7. The van der Waals surface area contributed by atoms with E-state index in [9.17, 15) is 9.59 Å². The van der Waals surface area contributed by atoms with E-state index in [1.165, 1.54) is 18.6 Å². The summed E-state index contributed by atoms with van der Waals surface area (Å²) in [5.74, 6) is -2.41. The quantitative estimate of drug-likeness (QED) is 0.304. The molecule has 228 valence electrons. The van der Waals surface area contributed by atoms with Crippen molar-refractivity contribution in [3.8, 4) is 0 Å². The Hall–Kier alpha value is -3.74. The van der Waals surface area contributed by atoms with Crippen molar-refractivity contribution in [2.45, 2.75) is 90.1 Å². The molecule has 0 spiro atoms. The van der Waals surface area contributed by atoms with Crippen LogP contribution >= 0.6 is 0 Å². The molecular formula is C36H43F2N3O2. The number of hydrogen-bond acceptors (Lipinski definition) is 3. The van der Waals surface area contributed by atoms with E-state index < -0.39 is 29.5 Å². The lowest BCUT2D eigenvalue weighted by atomic mass is 9.83. The normalized spacial score (nSPS) is 19.6. The fourth-order valence-electron chi connectivity index (χ4n) is 6.55. The van der Waals surface area contributed by atoms with Crippen molar-refractivity contribution >= 4 is 23.2 Å². The zero-order valence-electron chi connectivity index (χ0n) is 25.7. The van der Waals surface area contributed by atoms with Crippen molar-refractivity contribution in [2.24, 2.45) is 5.92 Å². The third kappa shape index (κ3) is 6.92. The van der Waals surface area contributed by atoms with Gasteiger partial charge in [-0.1, -0.05) is 70.4 Å². The molecule has 2 aliphatic rings. The number of rotatable bonds is 6. The third-order valence-corrected chi connectivity index (χ3v) is 8.96. The van der Waals surface area contributed by atoms with Crippen LogP contribution in [0.25, 0.3) is 0 Å². The van der Waals surface area contributed by atoms with Crippen LogP contribution in [0.1, 0.15) is 98.8 Å². The third-order valence-electron chi connectivity index (χ3n) is 8.96. The Kier molecular flexibility index (Phi) is 9.19. The highest BCUT2D eigenvalue weighted by molar-refractivity contribution is 5.98. The molecule has 3 aromatic carbocycles. The van der Waals surface area contributed by atoms with Crippen LogP contribution in [0, 0.1) is 24.5 Å². The van der Waals surface area contributed by atoms with Gasteiger partial charge in [-0.2, -0.15) is 0 Å². The summed E-state index contributed by atoms with van der Waals surface area (Å²) in [4.78, 5) is 29.5. The minimum absolute atomic E-state index is 0.0116. The second-order valence-electron chi connectivity index (χ2n) is 13.2. The zero-order valence-corrected chi connectivity index (χ0v) is 25.7. The van der Waals surface area contributed by atoms with E-state index in [0.29, 0.717) is 41.9 Å². The van der Waals surface area contributed by atoms with Crippen LogP contribution in [-0.4, -0.2) is 29.3 Å². The number of aryl methyl sites for hydroxylation is 1. The molecule has 1 heterocycles. The maximum absolute atomic E-state index is 15.6. The molecule has 43 heavy (non-hydrogen) atoms. The summed E-state index contributed by atoms with van der Waals surface area (Å²) in [6.45, 7) is 8.37. The highest BCUT2D eigenvalue weighted by Gasteiger charge is 2.41. The molecule has 1 saturated carbocycles. The number of amides is 2. The fraction of sp³-hybridized carbons (Fsp3) is 0.444. The Morgan fingerprint density at radius 1 is 0.860 bits per heavy atom. The lowest BCUT2D eigenvalue weighted by Crippen LogP contribution is -2.46. The van der Waals surface area contributed by atoms with E-state index in [2.05, 4.69) is 31.4 Å². The molecular weight excluding hydrogens is 544 g/mol. The van der Waals surface area contributed by atoms with Crippen molar-refractivity contribution < 1.29 is 18.4 Å². The van der Waals surface area contributed by atoms with Crippen LogP contribution in [0.3, 0.4) is 0 Å². The van der Waals surface area contributed by atoms with Gasteiger partial charge in [0.05, 0.1) is 23.2 Å². The van der Waals surface area contributed by atoms with Crippen molar-refractivity contribution in [3.05, 3.63) is 94.6 Å². The Morgan fingerprint density at radius 3 is 2.30 bits per heavy atom. The van der Waals surface area contributed by atoms with Crippen LogP contribution in [-0.2, 0) is 10.2 Å². The van der Waals surface area contributed by atoms with Crippen LogP contribution in [0.5, 0.6) is 0 Å². The van der Waals surface area contributed by atoms with Gasteiger partial charge in [0.15, 0.2) is 0 Å². The number of likely N-dealkylation sites (tertiary alicyclic amines) is 1. The maximum atomic E-state index is 15.6. The molecule has 7 heteroatoms. The lowest BCUT2D eigenvalue weighted by Gasteiger charge is -2.41. The molecule has 2 fully saturated rings. The van der Waals surface area contributed by atoms with Crippen molar-refractivity contribution in [1.29, 1.82) is 0 Å². The van der Waals surface area contributed by atoms with Gasteiger partial charge >= 0.3 is 0 Å². The standard InChI is InChI=1S/C36H43F2N3O2/c1-23-11-8-17-29(37)32(23)35(43)41-20-10-16-28(34(42)40-27-15-9-12-25(22-27)36(2,3)4)33(41)24-18-19-31(30(38)21-24)39-26-13-6-5-7-14-26/h8-9,11-12,15,17-19,21-22,26,28,33,39H,5-7,10,13-14,16,20H2,1-4H3,(H,40,42)/t28-,33-/m0/s1. The Bertz CT molecular complexity index is 1460. The minimum Gasteiger partial charge on any atom is -0.380 e. The van der Waals surface area contributed by atoms with Crippen molar-refractivity contribution in [3.63, 3.8) is 0 Å². The van der Waals surface area contributed by atoms with Gasteiger partial charge < -0.3 is 15.5 Å². The molecule has 2 amide bonds. The molecule has 1 aliphatic carbocycles. The summed E-state index contributed by atoms with van der Waals surface area (Å²) in [5, 5.41) is 6.42. The van der Waals surface area contributed by atoms with E-state index in [1.54, 1.807) is 36.1 Å². The maximum Gasteiger partial charge on any atom is 0.257 e. The van der Waals surface area contributed by atoms with Gasteiger partial charge in [0.1, 0.15) is 11.6 Å². The van der Waals surface area contributed by atoms with Gasteiger partial charge in [0, 0.05) is 18.3 Å². The predicted molar refractivity (Wildman–Crippen MR) is 168 cm³/mol. The van der Waals surface area contributed by atoms with Gasteiger partial charge in [0.2, 0.25) is 5.91 Å². The number of carbonyl (C=O) groups is 2. The molecule has 5 nitrogen and oxygen atoms in total. The van der Waals surface area contributed by atoms with Crippen LogP contribution < -0.4 is 10.6 Å². The van der Waals surface area contributed by atoms with Gasteiger partial charge in [-0.05, 0) is 85.0 Å². The summed E-state index contributed by atoms with van der Waals surface area (Å²) in [6, 6.07) is 16.7. The number of anilines is 2. The number of halogens is 2. The van der Waals surface area contributed by atoms with Crippen LogP contribution in [0.2, 0.25) is 0 Å². The lowest BCUT2D eigenvalue weighted by molar-refractivity contribution is -0.123. The second-order valence-corrected chi connectivity index (χ2v) is 13.2. The smallest absolute Gasteiger partial charge is 0.257 e. The number of nitrogens with one attached hydrogen (secondary N) is 2. The highest BCUT2D eigenvalue weighted by Crippen LogP contribution is 2.40. The first-order chi connectivity index (χ1) is 20.5. The van der Waals surface area contributed by atoms with Crippen LogP contribution in [0.4, 0.5) is 20.2 Å². The van der Waals surface area contributed by atoms with E-state index in [-0.39, 0.29) is 22.9 Å². The number of benzene rings is 3. The highest BCUT2D eigenvalue weighted by atomic mass is 19.1. The first-order valence-electron chi connectivity index (χ1n) is 15.6. The molecule has 0 bridgehead atoms. The van der Waals surface area contributed by atoms with Gasteiger partial charge in [-0.3, -0.25) is 9.59 Å². The fourth-order valence-corrected chi connectivity index (χ4v) is 6.55. The molecule has 2 N–H and O–H groups in total. The van der Waals surface area contributed by atoms with Crippen molar-refractivity contribution in [1.82, 2.24) is 4.90 Å². The summed E-state index contributed by atoms with van der Waals surface area (Å²) in [5.41, 5.74) is 3.12. The zero-order chi connectivity index (χ0) is 30.7. The second kappa shape index (κ2) is 12.9. The van der Waals surface area contributed by atoms with Gasteiger partial charge in [-0.15, -0.1) is 0 Å². The average Bonchev–Trinajstić information content (AvgIpc) is 2.98. The average molecular weight is 588 g/mol. The summed E-state index contributed by atoms with van der Waals surface area (Å²) < 4.78 is 30.7. The molecule has 0 radical (unpaired) electrons. The predicted octanol–water partition coefficient (Wildman–Crippen LogP) is 8.55. The van der Waals surface area contributed by atoms with E-state index in [1.807, 2.05) is 24.3 Å². The topological polar surface area (TPSA) is 61.4 Å². The van der Waals surface area contributed by atoms with Crippen molar-refractivity contribution in [2.75, 3.05) is 17.2 Å². The van der Waals surface area contributed by atoms with E-state index in [4.69, 9.17) is 0 Å². The molecule has 1 aliphatic heterocycles. The minimum atomic E-state index is -0.760. The van der Waals surface area contributed by atoms with Crippen LogP contribution in [0.15, 0.2) is 60.7 Å². The molecule has 0 unspecified atom stereocenters. The summed E-state index contributed by atoms with van der Waals surface area (Å²) >= 11 is 0. The SMILES string of the molecule is Cc1cccc(F)c1C(=O)N1CCC[C@H](C(=O)Nc2cccc(C(C)(C)C)c2)[C@@H]1c1ccc(NC2CCCCC2)c(F)c1. The Morgan fingerprint density at radius 2 is 1.60 bits per heavy atom. The first-order valence-corrected chi connectivity index (χ1v) is 15.6. The largest absolute Gasteiger partial charge is 0.380 e. The molecule has 5 rings (SSSR count). The number of hydrogen-bond donors (Lipinski definition) is 2. The molecule has 3 aromatic rings.